The monoisotopic (exact) mass is 404 g/mol. The van der Waals surface area contributed by atoms with Crippen molar-refractivity contribution >= 4 is 5.91 Å². The Kier molecular flexibility index (Phi) is 6.75. The van der Waals surface area contributed by atoms with Crippen molar-refractivity contribution in [2.24, 2.45) is 5.73 Å². The van der Waals surface area contributed by atoms with Crippen LogP contribution in [0.1, 0.15) is 18.1 Å². The summed E-state index contributed by atoms with van der Waals surface area (Å²) in [7, 11) is 3.23. The van der Waals surface area contributed by atoms with E-state index in [0.717, 1.165) is 22.3 Å². The van der Waals surface area contributed by atoms with Gasteiger partial charge in [-0.1, -0.05) is 60.7 Å². The van der Waals surface area contributed by atoms with Gasteiger partial charge in [-0.3, -0.25) is 10.1 Å². The second-order valence-corrected chi connectivity index (χ2v) is 7.27. The van der Waals surface area contributed by atoms with Gasteiger partial charge in [0.2, 0.25) is 5.91 Å². The van der Waals surface area contributed by atoms with E-state index in [1.807, 2.05) is 79.7 Å². The predicted octanol–water partition coefficient (Wildman–Crippen LogP) is 3.90. The van der Waals surface area contributed by atoms with E-state index in [4.69, 9.17) is 15.2 Å². The molecule has 0 aliphatic carbocycles. The molecule has 0 aliphatic rings. The van der Waals surface area contributed by atoms with Crippen LogP contribution in [0.4, 0.5) is 0 Å². The molecule has 5 nitrogen and oxygen atoms in total. The van der Waals surface area contributed by atoms with E-state index in [9.17, 15) is 4.79 Å². The van der Waals surface area contributed by atoms with Crippen LogP contribution in [-0.2, 0) is 16.8 Å². The van der Waals surface area contributed by atoms with E-state index < -0.39 is 11.4 Å². The normalized spacial score (nSPS) is 12.8. The van der Waals surface area contributed by atoms with Gasteiger partial charge in [0.05, 0.1) is 14.2 Å². The quantitative estimate of drug-likeness (QED) is 0.567. The lowest BCUT2D eigenvalue weighted by atomic mass is 9.84. The third-order valence-electron chi connectivity index (χ3n) is 5.38. The van der Waals surface area contributed by atoms with Crippen LogP contribution in [0.5, 0.6) is 11.5 Å². The van der Waals surface area contributed by atoms with E-state index in [2.05, 4.69) is 5.32 Å². The molecule has 3 rings (SSSR count). The Labute approximate surface area is 177 Å². The molecule has 0 radical (unpaired) electrons. The zero-order chi connectivity index (χ0) is 21.6. The molecule has 0 saturated heterocycles. The van der Waals surface area contributed by atoms with Crippen molar-refractivity contribution in [3.8, 4) is 22.6 Å². The number of amides is 1. The molecular weight excluding hydrogens is 376 g/mol. The van der Waals surface area contributed by atoms with Gasteiger partial charge in [-0.2, -0.15) is 0 Å². The van der Waals surface area contributed by atoms with Crippen molar-refractivity contribution in [1.82, 2.24) is 5.32 Å². The fourth-order valence-electron chi connectivity index (χ4n) is 3.60. The van der Waals surface area contributed by atoms with Gasteiger partial charge in [0.1, 0.15) is 5.54 Å². The highest BCUT2D eigenvalue weighted by molar-refractivity contribution is 5.88. The van der Waals surface area contributed by atoms with Crippen molar-refractivity contribution < 1.29 is 14.3 Å². The van der Waals surface area contributed by atoms with Crippen LogP contribution in [0.2, 0.25) is 0 Å². The standard InChI is InChI=1S/C25H28N2O3/c1-25(24(26)28,21-12-8-7-11-20(21)19-9-5-4-6-10-19)27-16-15-18-13-14-22(29-2)23(17-18)30-3/h4-14,17,27H,15-16H2,1-3H3,(H2,26,28). The molecule has 3 aromatic carbocycles. The van der Waals surface area contributed by atoms with Gasteiger partial charge in [-0.25, -0.2) is 0 Å². The Morgan fingerprint density at radius 3 is 2.27 bits per heavy atom. The fraction of sp³-hybridized carbons (Fsp3) is 0.240. The molecular formula is C25H28N2O3. The Hall–Kier alpha value is -3.31. The molecule has 0 spiro atoms. The second-order valence-electron chi connectivity index (χ2n) is 7.27. The predicted molar refractivity (Wildman–Crippen MR) is 120 cm³/mol. The topological polar surface area (TPSA) is 73.6 Å². The van der Waals surface area contributed by atoms with Crippen LogP contribution in [-0.4, -0.2) is 26.7 Å². The average Bonchev–Trinajstić information content (AvgIpc) is 2.79. The number of primary amides is 1. The van der Waals surface area contributed by atoms with Gasteiger partial charge < -0.3 is 15.2 Å². The van der Waals surface area contributed by atoms with E-state index in [0.29, 0.717) is 24.5 Å². The number of methoxy groups -OCH3 is 2. The molecule has 1 unspecified atom stereocenters. The Morgan fingerprint density at radius 2 is 1.60 bits per heavy atom. The summed E-state index contributed by atoms with van der Waals surface area (Å²) < 4.78 is 10.7. The second kappa shape index (κ2) is 9.46. The molecule has 156 valence electrons. The molecule has 3 aromatic rings. The largest absolute Gasteiger partial charge is 0.493 e. The summed E-state index contributed by atoms with van der Waals surface area (Å²) >= 11 is 0. The summed E-state index contributed by atoms with van der Waals surface area (Å²) in [5.41, 5.74) is 8.82. The van der Waals surface area contributed by atoms with Crippen molar-refractivity contribution in [3.63, 3.8) is 0 Å². The van der Waals surface area contributed by atoms with Gasteiger partial charge in [0, 0.05) is 6.54 Å². The van der Waals surface area contributed by atoms with Crippen LogP contribution in [0.25, 0.3) is 11.1 Å². The maximum Gasteiger partial charge on any atom is 0.242 e. The van der Waals surface area contributed by atoms with Gasteiger partial charge >= 0.3 is 0 Å². The number of carbonyl (C=O) groups excluding carboxylic acids is 1. The van der Waals surface area contributed by atoms with Gasteiger partial charge in [0.25, 0.3) is 0 Å². The zero-order valence-corrected chi connectivity index (χ0v) is 17.6. The van der Waals surface area contributed by atoms with E-state index in [1.54, 1.807) is 14.2 Å². The minimum Gasteiger partial charge on any atom is -0.493 e. The molecule has 0 saturated carbocycles. The van der Waals surface area contributed by atoms with Crippen molar-refractivity contribution in [1.29, 1.82) is 0 Å². The molecule has 1 atom stereocenters. The highest BCUT2D eigenvalue weighted by Gasteiger charge is 2.34. The van der Waals surface area contributed by atoms with Gasteiger partial charge in [0.15, 0.2) is 11.5 Å². The lowest BCUT2D eigenvalue weighted by Crippen LogP contribution is -2.51. The number of rotatable bonds is 9. The lowest BCUT2D eigenvalue weighted by Gasteiger charge is -2.30. The van der Waals surface area contributed by atoms with Crippen LogP contribution in [0, 0.1) is 0 Å². The number of nitrogens with one attached hydrogen (secondary N) is 1. The van der Waals surface area contributed by atoms with Crippen LogP contribution >= 0.6 is 0 Å². The van der Waals surface area contributed by atoms with Crippen LogP contribution < -0.4 is 20.5 Å². The first-order valence-corrected chi connectivity index (χ1v) is 9.90. The maximum absolute atomic E-state index is 12.6. The van der Waals surface area contributed by atoms with Crippen molar-refractivity contribution in [2.45, 2.75) is 18.9 Å². The molecule has 0 aliphatic heterocycles. The Balaban J connectivity index is 1.84. The molecule has 0 heterocycles. The molecule has 0 fully saturated rings. The molecule has 0 aromatic heterocycles. The third-order valence-corrected chi connectivity index (χ3v) is 5.38. The first kappa shape index (κ1) is 21.4. The summed E-state index contributed by atoms with van der Waals surface area (Å²) in [6.07, 6.45) is 0.705. The first-order valence-electron chi connectivity index (χ1n) is 9.90. The highest BCUT2D eigenvalue weighted by atomic mass is 16.5. The van der Waals surface area contributed by atoms with Crippen LogP contribution in [0.3, 0.4) is 0 Å². The zero-order valence-electron chi connectivity index (χ0n) is 17.6. The van der Waals surface area contributed by atoms with Crippen molar-refractivity contribution in [3.05, 3.63) is 83.9 Å². The summed E-state index contributed by atoms with van der Waals surface area (Å²) in [6.45, 7) is 2.41. The van der Waals surface area contributed by atoms with Crippen molar-refractivity contribution in [2.75, 3.05) is 20.8 Å². The SMILES string of the molecule is COc1ccc(CCNC(C)(C(N)=O)c2ccccc2-c2ccccc2)cc1OC. The first-order chi connectivity index (χ1) is 14.5. The smallest absolute Gasteiger partial charge is 0.242 e. The molecule has 0 bridgehead atoms. The summed E-state index contributed by atoms with van der Waals surface area (Å²) in [6, 6.07) is 23.7. The third kappa shape index (κ3) is 4.47. The molecule has 5 heteroatoms. The number of hydrogen-bond donors (Lipinski definition) is 2. The van der Waals surface area contributed by atoms with E-state index in [-0.39, 0.29) is 0 Å². The number of hydrogen-bond acceptors (Lipinski definition) is 4. The minimum absolute atomic E-state index is 0.418. The molecule has 1 amide bonds. The van der Waals surface area contributed by atoms with Gasteiger partial charge in [-0.05, 0) is 47.7 Å². The maximum atomic E-state index is 12.6. The minimum atomic E-state index is -1.01. The van der Waals surface area contributed by atoms with Gasteiger partial charge in [-0.15, -0.1) is 0 Å². The lowest BCUT2D eigenvalue weighted by molar-refractivity contribution is -0.124. The Morgan fingerprint density at radius 1 is 0.933 bits per heavy atom. The Bertz CT molecular complexity index is 1000. The summed E-state index contributed by atoms with van der Waals surface area (Å²) in [5, 5.41) is 3.39. The number of benzene rings is 3. The van der Waals surface area contributed by atoms with Crippen LogP contribution in [0.15, 0.2) is 72.8 Å². The molecule has 30 heavy (non-hydrogen) atoms. The molecule has 3 N–H and O–H groups in total. The summed E-state index contributed by atoms with van der Waals surface area (Å²) in [4.78, 5) is 12.6. The van der Waals surface area contributed by atoms with E-state index >= 15 is 0 Å². The number of ether oxygens (including phenoxy) is 2. The average molecular weight is 405 g/mol. The number of nitrogens with two attached hydrogens (primary N) is 1. The highest BCUT2D eigenvalue weighted by Crippen LogP contribution is 2.32. The van der Waals surface area contributed by atoms with E-state index in [1.165, 1.54) is 0 Å². The fourth-order valence-corrected chi connectivity index (χ4v) is 3.60. The summed E-state index contributed by atoms with van der Waals surface area (Å²) in [5.74, 6) is 0.952. The number of carbonyl (C=O) groups is 1.